The lowest BCUT2D eigenvalue weighted by atomic mass is 10.1. The number of hydrogen-bond acceptors (Lipinski definition) is 5. The van der Waals surface area contributed by atoms with Crippen molar-refractivity contribution in [3.8, 4) is 17.0 Å². The lowest BCUT2D eigenvalue weighted by Crippen LogP contribution is -2.20. The van der Waals surface area contributed by atoms with Crippen LogP contribution < -0.4 is 15.8 Å². The molecule has 7 heteroatoms. The van der Waals surface area contributed by atoms with Crippen LogP contribution in [-0.2, 0) is 4.79 Å². The highest BCUT2D eigenvalue weighted by molar-refractivity contribution is 7.09. The summed E-state index contributed by atoms with van der Waals surface area (Å²) in [7, 11) is 0. The molecule has 0 fully saturated rings. The van der Waals surface area contributed by atoms with Crippen molar-refractivity contribution in [2.45, 2.75) is 6.92 Å². The fourth-order valence-electron chi connectivity index (χ4n) is 2.34. The van der Waals surface area contributed by atoms with Gasteiger partial charge in [0.1, 0.15) is 5.75 Å². The number of benzene rings is 2. The molecular weight excluding hydrogens is 350 g/mol. The predicted octanol–water partition coefficient (Wildman–Crippen LogP) is 3.23. The normalized spacial score (nSPS) is 10.3. The van der Waals surface area contributed by atoms with Gasteiger partial charge in [0.25, 0.3) is 11.8 Å². The molecule has 1 aromatic heterocycles. The summed E-state index contributed by atoms with van der Waals surface area (Å²) in [5, 5.41) is 5.83. The van der Waals surface area contributed by atoms with E-state index in [4.69, 9.17) is 10.5 Å². The molecule has 0 radical (unpaired) electrons. The molecule has 3 N–H and O–H groups in total. The SMILES string of the molecule is Cc1nc(-c2cccc(NC(=O)c3cccc(OCC(N)=O)c3)c2)cs1. The average molecular weight is 367 g/mol. The number of anilines is 1. The third kappa shape index (κ3) is 4.46. The van der Waals surface area contributed by atoms with E-state index in [2.05, 4.69) is 10.3 Å². The average Bonchev–Trinajstić information content (AvgIpc) is 3.07. The summed E-state index contributed by atoms with van der Waals surface area (Å²) in [6, 6.07) is 14.1. The van der Waals surface area contributed by atoms with Gasteiger partial charge in [-0.05, 0) is 37.3 Å². The first-order valence-electron chi connectivity index (χ1n) is 7.86. The predicted molar refractivity (Wildman–Crippen MR) is 101 cm³/mol. The molecule has 0 bridgehead atoms. The molecule has 0 aliphatic carbocycles. The van der Waals surface area contributed by atoms with Gasteiger partial charge >= 0.3 is 0 Å². The number of nitrogens with one attached hydrogen (secondary N) is 1. The van der Waals surface area contributed by atoms with Crippen LogP contribution in [0.5, 0.6) is 5.75 Å². The maximum Gasteiger partial charge on any atom is 0.255 e. The Morgan fingerprint density at radius 3 is 2.73 bits per heavy atom. The third-order valence-electron chi connectivity index (χ3n) is 3.51. The van der Waals surface area contributed by atoms with Gasteiger partial charge in [-0.15, -0.1) is 11.3 Å². The Morgan fingerprint density at radius 2 is 2.00 bits per heavy atom. The Balaban J connectivity index is 1.74. The van der Waals surface area contributed by atoms with E-state index in [1.54, 1.807) is 35.6 Å². The molecule has 0 spiro atoms. The molecule has 0 aliphatic rings. The van der Waals surface area contributed by atoms with Gasteiger partial charge in [-0.3, -0.25) is 9.59 Å². The van der Waals surface area contributed by atoms with E-state index >= 15 is 0 Å². The van der Waals surface area contributed by atoms with Crippen LogP contribution >= 0.6 is 11.3 Å². The van der Waals surface area contributed by atoms with Gasteiger partial charge in [0.05, 0.1) is 10.7 Å². The van der Waals surface area contributed by atoms with E-state index in [-0.39, 0.29) is 12.5 Å². The molecule has 132 valence electrons. The summed E-state index contributed by atoms with van der Waals surface area (Å²) in [4.78, 5) is 27.7. The minimum Gasteiger partial charge on any atom is -0.484 e. The monoisotopic (exact) mass is 367 g/mol. The molecule has 0 unspecified atom stereocenters. The Labute approximate surface area is 154 Å². The Morgan fingerprint density at radius 1 is 1.19 bits per heavy atom. The largest absolute Gasteiger partial charge is 0.484 e. The van der Waals surface area contributed by atoms with Crippen LogP contribution in [0.2, 0.25) is 0 Å². The van der Waals surface area contributed by atoms with Crippen LogP contribution in [0.1, 0.15) is 15.4 Å². The van der Waals surface area contributed by atoms with E-state index < -0.39 is 5.91 Å². The molecule has 2 aromatic carbocycles. The van der Waals surface area contributed by atoms with E-state index in [1.165, 1.54) is 0 Å². The fourth-order valence-corrected chi connectivity index (χ4v) is 2.96. The summed E-state index contributed by atoms with van der Waals surface area (Å²) in [6.07, 6.45) is 0. The van der Waals surface area contributed by atoms with E-state index in [9.17, 15) is 9.59 Å². The number of nitrogens with two attached hydrogens (primary N) is 1. The molecule has 6 nitrogen and oxygen atoms in total. The maximum atomic E-state index is 12.5. The van der Waals surface area contributed by atoms with E-state index in [0.717, 1.165) is 16.3 Å². The topological polar surface area (TPSA) is 94.3 Å². The van der Waals surface area contributed by atoms with Crippen LogP contribution in [0.25, 0.3) is 11.3 Å². The van der Waals surface area contributed by atoms with Crippen LogP contribution in [-0.4, -0.2) is 23.4 Å². The van der Waals surface area contributed by atoms with Gasteiger partial charge in [0.15, 0.2) is 6.61 Å². The van der Waals surface area contributed by atoms with Crippen molar-refractivity contribution in [1.29, 1.82) is 0 Å². The summed E-state index contributed by atoms with van der Waals surface area (Å²) < 4.78 is 5.23. The number of ether oxygens (including phenoxy) is 1. The van der Waals surface area contributed by atoms with Crippen molar-refractivity contribution < 1.29 is 14.3 Å². The van der Waals surface area contributed by atoms with Gasteiger partial charge in [-0.1, -0.05) is 18.2 Å². The van der Waals surface area contributed by atoms with Gasteiger partial charge in [0, 0.05) is 22.2 Å². The Bertz CT molecular complexity index is 952. The standard InChI is InChI=1S/C19H17N3O3S/c1-12-21-17(11-26-12)13-4-2-6-15(8-13)22-19(24)14-5-3-7-16(9-14)25-10-18(20)23/h2-9,11H,10H2,1H3,(H2,20,23)(H,22,24). The first-order valence-corrected chi connectivity index (χ1v) is 8.74. The van der Waals surface area contributed by atoms with Crippen molar-refractivity contribution in [1.82, 2.24) is 4.98 Å². The first kappa shape index (κ1) is 17.6. The molecule has 3 rings (SSSR count). The van der Waals surface area contributed by atoms with Crippen molar-refractivity contribution in [2.24, 2.45) is 5.73 Å². The summed E-state index contributed by atoms with van der Waals surface area (Å²) >= 11 is 1.58. The van der Waals surface area contributed by atoms with E-state index in [0.29, 0.717) is 17.0 Å². The molecule has 0 aliphatic heterocycles. The fraction of sp³-hybridized carbons (Fsp3) is 0.105. The number of rotatable bonds is 6. The summed E-state index contributed by atoms with van der Waals surface area (Å²) in [5.41, 5.74) is 7.96. The zero-order valence-corrected chi connectivity index (χ0v) is 14.9. The first-order chi connectivity index (χ1) is 12.5. The smallest absolute Gasteiger partial charge is 0.255 e. The maximum absolute atomic E-state index is 12.5. The van der Waals surface area contributed by atoms with Crippen molar-refractivity contribution in [3.63, 3.8) is 0 Å². The van der Waals surface area contributed by atoms with Crippen molar-refractivity contribution in [3.05, 3.63) is 64.5 Å². The molecule has 0 saturated heterocycles. The van der Waals surface area contributed by atoms with Gasteiger partial charge in [-0.25, -0.2) is 4.98 Å². The summed E-state index contributed by atoms with van der Waals surface area (Å²) in [5.74, 6) is -0.446. The second-order valence-electron chi connectivity index (χ2n) is 5.57. The number of primary amides is 1. The van der Waals surface area contributed by atoms with Crippen molar-refractivity contribution in [2.75, 3.05) is 11.9 Å². The second-order valence-corrected chi connectivity index (χ2v) is 6.63. The lowest BCUT2D eigenvalue weighted by molar-refractivity contribution is -0.119. The molecule has 0 saturated carbocycles. The molecule has 1 heterocycles. The van der Waals surface area contributed by atoms with Crippen LogP contribution in [0.4, 0.5) is 5.69 Å². The minimum atomic E-state index is -0.575. The van der Waals surface area contributed by atoms with Crippen LogP contribution in [0, 0.1) is 6.92 Å². The summed E-state index contributed by atoms with van der Waals surface area (Å²) in [6.45, 7) is 1.72. The van der Waals surface area contributed by atoms with Gasteiger partial charge < -0.3 is 15.8 Å². The number of aryl methyl sites for hydroxylation is 1. The number of aromatic nitrogens is 1. The minimum absolute atomic E-state index is 0.236. The van der Waals surface area contributed by atoms with E-state index in [1.807, 2.05) is 36.6 Å². The number of nitrogens with zero attached hydrogens (tertiary/aromatic N) is 1. The molecule has 0 atom stereocenters. The number of thiazole rings is 1. The van der Waals surface area contributed by atoms with Crippen LogP contribution in [0.15, 0.2) is 53.9 Å². The molecule has 26 heavy (non-hydrogen) atoms. The number of carbonyl (C=O) groups excluding carboxylic acids is 2. The highest BCUT2D eigenvalue weighted by Gasteiger charge is 2.09. The zero-order chi connectivity index (χ0) is 18.5. The lowest BCUT2D eigenvalue weighted by Gasteiger charge is -2.08. The number of amides is 2. The quantitative estimate of drug-likeness (QED) is 0.699. The van der Waals surface area contributed by atoms with Crippen LogP contribution in [0.3, 0.4) is 0 Å². The highest BCUT2D eigenvalue weighted by Crippen LogP contribution is 2.24. The molecular formula is C19H17N3O3S. The second kappa shape index (κ2) is 7.79. The Kier molecular flexibility index (Phi) is 5.28. The van der Waals surface area contributed by atoms with Crippen molar-refractivity contribution >= 4 is 28.8 Å². The Hall–Kier alpha value is -3.19. The van der Waals surface area contributed by atoms with Gasteiger partial charge in [-0.2, -0.15) is 0 Å². The van der Waals surface area contributed by atoms with Gasteiger partial charge in [0.2, 0.25) is 0 Å². The highest BCUT2D eigenvalue weighted by atomic mass is 32.1. The number of hydrogen-bond donors (Lipinski definition) is 2. The third-order valence-corrected chi connectivity index (χ3v) is 4.29. The molecule has 3 aromatic rings. The molecule has 2 amide bonds. The zero-order valence-electron chi connectivity index (χ0n) is 14.1. The number of carbonyl (C=O) groups is 2.